The van der Waals surface area contributed by atoms with Crippen molar-refractivity contribution in [2.24, 2.45) is 17.3 Å². The number of hydrogen-bond acceptors (Lipinski definition) is 4. The van der Waals surface area contributed by atoms with E-state index in [1.54, 1.807) is 0 Å². The highest BCUT2D eigenvalue weighted by atomic mass is 127. The average molecular weight is 404 g/mol. The number of carbonyl (C=O) groups excluding carboxylic acids is 2. The van der Waals surface area contributed by atoms with Gasteiger partial charge in [0.2, 0.25) is 0 Å². The third-order valence-electron chi connectivity index (χ3n) is 5.66. The van der Waals surface area contributed by atoms with E-state index in [9.17, 15) is 14.7 Å². The first kappa shape index (κ1) is 15.5. The maximum absolute atomic E-state index is 12.4. The highest BCUT2D eigenvalue weighted by Gasteiger charge is 2.78. The number of halogens is 1. The highest BCUT2D eigenvalue weighted by Crippen LogP contribution is 2.62. The summed E-state index contributed by atoms with van der Waals surface area (Å²) >= 11 is 2.24. The van der Waals surface area contributed by atoms with Crippen LogP contribution in [0.1, 0.15) is 39.0 Å². The fourth-order valence-corrected chi connectivity index (χ4v) is 5.02. The second-order valence-corrected chi connectivity index (χ2v) is 7.69. The van der Waals surface area contributed by atoms with E-state index in [0.717, 1.165) is 23.7 Å². The van der Waals surface area contributed by atoms with Gasteiger partial charge in [0.05, 0.1) is 12.0 Å². The van der Waals surface area contributed by atoms with Crippen molar-refractivity contribution in [2.75, 3.05) is 4.43 Å². The molecule has 0 aromatic carbocycles. The summed E-state index contributed by atoms with van der Waals surface area (Å²) in [5.41, 5.74) is -1.84. The third kappa shape index (κ3) is 1.96. The number of fused-ring (bicyclic) bond motifs is 1. The first-order valence-electron chi connectivity index (χ1n) is 7.64. The van der Waals surface area contributed by atoms with Crippen LogP contribution >= 0.6 is 22.6 Å². The second-order valence-electron chi connectivity index (χ2n) is 6.61. The summed E-state index contributed by atoms with van der Waals surface area (Å²) in [6, 6.07) is 0. The molecule has 4 nitrogen and oxygen atoms in total. The Labute approximate surface area is 138 Å². The number of alkyl halides is 1. The molecule has 1 saturated carbocycles. The lowest BCUT2D eigenvalue weighted by molar-refractivity contribution is -0.262. The minimum absolute atomic E-state index is 0.0444. The third-order valence-corrected chi connectivity index (χ3v) is 6.28. The van der Waals surface area contributed by atoms with Crippen LogP contribution in [0, 0.1) is 17.3 Å². The first-order chi connectivity index (χ1) is 9.97. The van der Waals surface area contributed by atoms with Crippen molar-refractivity contribution >= 4 is 34.3 Å². The molecule has 0 aromatic rings. The molecule has 1 saturated heterocycles. The molecule has 1 N–H and O–H groups in total. The summed E-state index contributed by atoms with van der Waals surface area (Å²) in [4.78, 5) is 24.7. The molecule has 1 heterocycles. The van der Waals surface area contributed by atoms with Crippen LogP contribution in [0.4, 0.5) is 0 Å². The summed E-state index contributed by atoms with van der Waals surface area (Å²) in [5.74, 6) is -0.633. The van der Waals surface area contributed by atoms with Crippen molar-refractivity contribution in [3.05, 3.63) is 12.2 Å². The highest BCUT2D eigenvalue weighted by molar-refractivity contribution is 14.1. The van der Waals surface area contributed by atoms with Gasteiger partial charge in [-0.2, -0.15) is 0 Å². The number of ether oxygens (including phenoxy) is 1. The van der Waals surface area contributed by atoms with Gasteiger partial charge in [-0.05, 0) is 32.6 Å². The molecule has 0 unspecified atom stereocenters. The summed E-state index contributed by atoms with van der Waals surface area (Å²) in [6.07, 6.45) is 7.00. The van der Waals surface area contributed by atoms with Gasteiger partial charge in [-0.15, -0.1) is 0 Å². The van der Waals surface area contributed by atoms with Gasteiger partial charge in [0.15, 0.2) is 0 Å². The van der Waals surface area contributed by atoms with Gasteiger partial charge in [0, 0.05) is 16.8 Å². The number of aliphatic hydroxyl groups excluding tert-OH is 1. The van der Waals surface area contributed by atoms with Crippen molar-refractivity contribution < 1.29 is 19.4 Å². The summed E-state index contributed by atoms with van der Waals surface area (Å²) < 4.78 is 6.30. The van der Waals surface area contributed by atoms with Crippen LogP contribution in [0.2, 0.25) is 0 Å². The molecule has 1 aliphatic heterocycles. The van der Waals surface area contributed by atoms with E-state index in [0.29, 0.717) is 6.42 Å². The quantitative estimate of drug-likeness (QED) is 0.338. The predicted octanol–water partition coefficient (Wildman–Crippen LogP) is 2.42. The second kappa shape index (κ2) is 5.33. The van der Waals surface area contributed by atoms with E-state index in [-0.39, 0.29) is 30.0 Å². The van der Waals surface area contributed by atoms with E-state index in [1.165, 1.54) is 0 Å². The van der Waals surface area contributed by atoms with Gasteiger partial charge in [-0.25, -0.2) is 0 Å². The fraction of sp³-hybridized carbons (Fsp3) is 0.750. The largest absolute Gasteiger partial charge is 0.457 e. The Kier molecular flexibility index (Phi) is 3.93. The molecular formula is C16H21IO4. The molecule has 5 heteroatoms. The van der Waals surface area contributed by atoms with Crippen LogP contribution in [-0.2, 0) is 14.3 Å². The van der Waals surface area contributed by atoms with E-state index in [1.807, 2.05) is 13.0 Å². The number of hydrogen-bond donors (Lipinski definition) is 1. The van der Waals surface area contributed by atoms with Gasteiger partial charge < -0.3 is 9.84 Å². The molecule has 0 aromatic heterocycles. The van der Waals surface area contributed by atoms with Crippen molar-refractivity contribution in [2.45, 2.75) is 50.7 Å². The van der Waals surface area contributed by atoms with Gasteiger partial charge >= 0.3 is 5.97 Å². The van der Waals surface area contributed by atoms with Crippen LogP contribution in [-0.4, -0.2) is 33.0 Å². The zero-order valence-corrected chi connectivity index (χ0v) is 14.3. The number of Topliss-reactive ketones (excluding diaryl/α,β-unsaturated/α-hetero) is 1. The summed E-state index contributed by atoms with van der Waals surface area (Å²) in [5, 5.41) is 10.9. The lowest BCUT2D eigenvalue weighted by Crippen LogP contribution is -2.70. The first-order valence-corrected chi connectivity index (χ1v) is 9.17. The van der Waals surface area contributed by atoms with Crippen molar-refractivity contribution in [1.29, 1.82) is 0 Å². The number of esters is 1. The zero-order chi connectivity index (χ0) is 15.3. The maximum atomic E-state index is 12.4. The summed E-state index contributed by atoms with van der Waals surface area (Å²) in [6.45, 7) is 1.84. The standard InChI is InChI=1S/C16H21IO4/c1-15-11(7-8-17)12(18)9-16(15,14(20)21-15)13(19)10-5-3-2-4-6-10/h3,5,10-11,13,19H,2,4,6-9H2,1H3/t10-,11+,13+,15+,16-/m1/s1. The Bertz CT molecular complexity index is 503. The topological polar surface area (TPSA) is 63.6 Å². The number of allylic oxidation sites excluding steroid dienone is 1. The predicted molar refractivity (Wildman–Crippen MR) is 86.0 cm³/mol. The maximum Gasteiger partial charge on any atom is 0.319 e. The van der Waals surface area contributed by atoms with E-state index < -0.39 is 17.1 Å². The Morgan fingerprint density at radius 1 is 1.52 bits per heavy atom. The van der Waals surface area contributed by atoms with Crippen LogP contribution in [0.15, 0.2) is 12.2 Å². The Morgan fingerprint density at radius 3 is 2.86 bits per heavy atom. The smallest absolute Gasteiger partial charge is 0.319 e. The molecule has 0 amide bonds. The van der Waals surface area contributed by atoms with Gasteiger partial charge in [0.1, 0.15) is 16.8 Å². The van der Waals surface area contributed by atoms with E-state index in [2.05, 4.69) is 28.7 Å². The van der Waals surface area contributed by atoms with Gasteiger partial charge in [-0.1, -0.05) is 34.7 Å². The number of rotatable bonds is 4. The molecule has 0 bridgehead atoms. The Balaban J connectivity index is 1.94. The van der Waals surface area contributed by atoms with Gasteiger partial charge in [0.25, 0.3) is 0 Å². The minimum Gasteiger partial charge on any atom is -0.457 e. The molecule has 2 aliphatic carbocycles. The molecule has 5 atom stereocenters. The Hall–Kier alpha value is -0.430. The van der Waals surface area contributed by atoms with Crippen molar-refractivity contribution in [3.63, 3.8) is 0 Å². The lowest BCUT2D eigenvalue weighted by atomic mass is 9.60. The molecule has 21 heavy (non-hydrogen) atoms. The summed E-state index contributed by atoms with van der Waals surface area (Å²) in [7, 11) is 0. The molecule has 0 radical (unpaired) electrons. The molecule has 116 valence electrons. The fourth-order valence-electron chi connectivity index (χ4n) is 4.40. The zero-order valence-electron chi connectivity index (χ0n) is 12.2. The van der Waals surface area contributed by atoms with Crippen LogP contribution in [0.3, 0.4) is 0 Å². The van der Waals surface area contributed by atoms with Crippen molar-refractivity contribution in [1.82, 2.24) is 0 Å². The lowest BCUT2D eigenvalue weighted by Gasteiger charge is -2.55. The van der Waals surface area contributed by atoms with Crippen LogP contribution in [0.5, 0.6) is 0 Å². The monoisotopic (exact) mass is 404 g/mol. The number of ketones is 1. The molecule has 3 aliphatic rings. The Morgan fingerprint density at radius 2 is 2.29 bits per heavy atom. The molecular weight excluding hydrogens is 383 g/mol. The van der Waals surface area contributed by atoms with Crippen LogP contribution in [0.25, 0.3) is 0 Å². The molecule has 0 spiro atoms. The molecule has 3 rings (SSSR count). The van der Waals surface area contributed by atoms with Gasteiger partial charge in [-0.3, -0.25) is 9.59 Å². The number of carbonyl (C=O) groups is 2. The van der Waals surface area contributed by atoms with E-state index >= 15 is 0 Å². The SMILES string of the molecule is C[C@@]12OC(=O)[C@]1([C@@H](O)[C@@H]1C=CCCC1)CC(=O)[C@@H]2CCI. The van der Waals surface area contributed by atoms with E-state index in [4.69, 9.17) is 4.74 Å². The number of aliphatic hydroxyl groups is 1. The normalized spacial score (nSPS) is 43.2. The van der Waals surface area contributed by atoms with Crippen molar-refractivity contribution in [3.8, 4) is 0 Å². The van der Waals surface area contributed by atoms with Crippen LogP contribution < -0.4 is 0 Å². The average Bonchev–Trinajstić information content (AvgIpc) is 2.65. The molecule has 2 fully saturated rings. The minimum atomic E-state index is -1.02.